The van der Waals surface area contributed by atoms with E-state index in [0.717, 1.165) is 0 Å². The van der Waals surface area contributed by atoms with Gasteiger partial charge in [-0.2, -0.15) is 0 Å². The van der Waals surface area contributed by atoms with Crippen molar-refractivity contribution >= 4 is 0 Å². The lowest BCUT2D eigenvalue weighted by molar-refractivity contribution is -0.727. The van der Waals surface area contributed by atoms with Crippen LogP contribution in [0.3, 0.4) is 0 Å². The summed E-state index contributed by atoms with van der Waals surface area (Å²) >= 11 is 0. The molecule has 0 aliphatic rings. The number of nitrogens with one attached hydrogen (secondary N) is 1. The molecule has 1 aromatic heterocycles. The van der Waals surface area contributed by atoms with Gasteiger partial charge in [0.15, 0.2) is 0 Å². The smallest absolute Gasteiger partial charge is 0.247 e. The first-order valence-corrected chi connectivity index (χ1v) is 17.3. The lowest BCUT2D eigenvalue weighted by Crippen LogP contribution is -2.41. The molecular formula is C35H69N2+. The molecule has 1 N–H and O–H groups in total. The lowest BCUT2D eigenvalue weighted by atomic mass is 9.93. The Labute approximate surface area is 234 Å². The van der Waals surface area contributed by atoms with Crippen LogP contribution in [0.2, 0.25) is 0 Å². The molecule has 2 unspecified atom stereocenters. The van der Waals surface area contributed by atoms with Crippen molar-refractivity contribution in [2.75, 3.05) is 0 Å². The van der Waals surface area contributed by atoms with Crippen molar-refractivity contribution in [1.29, 1.82) is 0 Å². The molecule has 0 aromatic carbocycles. The summed E-state index contributed by atoms with van der Waals surface area (Å²) in [5, 5.41) is 0. The second-order valence-corrected chi connectivity index (χ2v) is 12.2. The van der Waals surface area contributed by atoms with E-state index in [2.05, 4.69) is 49.6 Å². The molecule has 0 bridgehead atoms. The first-order chi connectivity index (χ1) is 18.2. The molecule has 37 heavy (non-hydrogen) atoms. The Kier molecular flexibility index (Phi) is 23.6. The van der Waals surface area contributed by atoms with Crippen LogP contribution in [-0.4, -0.2) is 4.98 Å². The molecule has 2 nitrogen and oxygen atoms in total. The Bertz CT molecular complexity index is 578. The predicted molar refractivity (Wildman–Crippen MR) is 166 cm³/mol. The molecule has 0 saturated heterocycles. The van der Waals surface area contributed by atoms with Gasteiger partial charge in [-0.25, -0.2) is 9.55 Å². The van der Waals surface area contributed by atoms with Crippen LogP contribution in [0.4, 0.5) is 0 Å². The van der Waals surface area contributed by atoms with Gasteiger partial charge in [0.25, 0.3) is 5.82 Å². The summed E-state index contributed by atoms with van der Waals surface area (Å²) in [6.07, 6.45) is 41.3. The maximum absolute atomic E-state index is 3.70. The second kappa shape index (κ2) is 25.5. The Hall–Kier alpha value is -0.790. The normalized spacial score (nSPS) is 13.3. The molecule has 2 heteroatoms. The average Bonchev–Trinajstić information content (AvgIpc) is 3.40. The van der Waals surface area contributed by atoms with E-state index < -0.39 is 0 Å². The zero-order chi connectivity index (χ0) is 26.8. The number of hydrogen-bond donors (Lipinski definition) is 1. The average molecular weight is 518 g/mol. The zero-order valence-electron chi connectivity index (χ0n) is 26.1. The first kappa shape index (κ1) is 34.2. The number of hydrogen-bond acceptors (Lipinski definition) is 0. The third kappa shape index (κ3) is 18.2. The molecule has 1 rings (SSSR count). The van der Waals surface area contributed by atoms with E-state index in [1.54, 1.807) is 0 Å². The monoisotopic (exact) mass is 518 g/mol. The van der Waals surface area contributed by atoms with Crippen LogP contribution < -0.4 is 4.57 Å². The van der Waals surface area contributed by atoms with E-state index in [1.165, 1.54) is 173 Å². The molecule has 0 amide bonds. The summed E-state index contributed by atoms with van der Waals surface area (Å²) in [7, 11) is 0. The molecular weight excluding hydrogens is 448 g/mol. The van der Waals surface area contributed by atoms with Gasteiger partial charge in [0, 0.05) is 0 Å². The zero-order valence-corrected chi connectivity index (χ0v) is 26.1. The highest BCUT2D eigenvalue weighted by atomic mass is 15.1. The van der Waals surface area contributed by atoms with Crippen molar-refractivity contribution in [3.8, 4) is 0 Å². The molecule has 1 aromatic rings. The summed E-state index contributed by atoms with van der Waals surface area (Å²) in [5.74, 6) is 2.24. The molecule has 0 radical (unpaired) electrons. The number of aromatic nitrogens is 2. The van der Waals surface area contributed by atoms with Crippen LogP contribution in [0.25, 0.3) is 0 Å². The van der Waals surface area contributed by atoms with Crippen molar-refractivity contribution in [3.63, 3.8) is 0 Å². The van der Waals surface area contributed by atoms with Gasteiger partial charge >= 0.3 is 0 Å². The quantitative estimate of drug-likeness (QED) is 0.0842. The van der Waals surface area contributed by atoms with Crippen LogP contribution in [0.1, 0.15) is 212 Å². The van der Waals surface area contributed by atoms with Crippen molar-refractivity contribution in [1.82, 2.24) is 4.98 Å². The van der Waals surface area contributed by atoms with Crippen molar-refractivity contribution in [3.05, 3.63) is 18.2 Å². The summed E-state index contributed by atoms with van der Waals surface area (Å²) in [6, 6.07) is 0.623. The van der Waals surface area contributed by atoms with E-state index in [4.69, 9.17) is 0 Å². The van der Waals surface area contributed by atoms with Crippen molar-refractivity contribution in [2.24, 2.45) is 0 Å². The Morgan fingerprint density at radius 3 is 1.30 bits per heavy atom. The number of H-pyrrole nitrogens is 1. The SMILES string of the molecule is CCCCCCCCCCCCCCCCC(CCCCCC)c1[nH]cc[n+]1C(C)CCCCCCC. The predicted octanol–water partition coefficient (Wildman–Crippen LogP) is 12.1. The standard InChI is InChI=1S/C35H68N2/c1-5-8-11-14-15-16-17-18-19-20-21-22-24-27-30-34(29-26-13-10-7-3)35-36-31-32-37(35)33(4)28-25-23-12-9-6-2/h31-34H,5-30H2,1-4H3/p+1. The highest BCUT2D eigenvalue weighted by molar-refractivity contribution is 4.90. The summed E-state index contributed by atoms with van der Waals surface area (Å²) < 4.78 is 2.61. The molecule has 0 fully saturated rings. The van der Waals surface area contributed by atoms with Crippen LogP contribution in [0, 0.1) is 0 Å². The Balaban J connectivity index is 2.31. The Morgan fingerprint density at radius 1 is 0.514 bits per heavy atom. The molecule has 0 spiro atoms. The third-order valence-electron chi connectivity index (χ3n) is 8.64. The highest BCUT2D eigenvalue weighted by Gasteiger charge is 2.25. The van der Waals surface area contributed by atoms with Crippen molar-refractivity contribution in [2.45, 2.75) is 207 Å². The summed E-state index contributed by atoms with van der Waals surface area (Å²) in [4.78, 5) is 3.70. The molecule has 218 valence electrons. The minimum absolute atomic E-state index is 0.623. The molecule has 0 saturated carbocycles. The van der Waals surface area contributed by atoms with E-state index in [0.29, 0.717) is 12.0 Å². The largest absolute Gasteiger partial charge is 0.257 e. The van der Waals surface area contributed by atoms with Crippen LogP contribution in [-0.2, 0) is 0 Å². The molecule has 0 aliphatic carbocycles. The van der Waals surface area contributed by atoms with E-state index in [1.807, 2.05) is 0 Å². The van der Waals surface area contributed by atoms with E-state index in [9.17, 15) is 0 Å². The number of aromatic amines is 1. The van der Waals surface area contributed by atoms with Gasteiger partial charge < -0.3 is 0 Å². The molecule has 0 aliphatic heterocycles. The fraction of sp³-hybridized carbons (Fsp3) is 0.914. The van der Waals surface area contributed by atoms with Crippen LogP contribution >= 0.6 is 0 Å². The Morgan fingerprint density at radius 2 is 0.865 bits per heavy atom. The van der Waals surface area contributed by atoms with Gasteiger partial charge in [-0.1, -0.05) is 162 Å². The number of unbranched alkanes of at least 4 members (excludes halogenated alkanes) is 20. The number of nitrogens with zero attached hydrogens (tertiary/aromatic N) is 1. The van der Waals surface area contributed by atoms with Gasteiger partial charge in [0.05, 0.1) is 12.0 Å². The maximum Gasteiger partial charge on any atom is 0.257 e. The summed E-state index contributed by atoms with van der Waals surface area (Å²) in [5.41, 5.74) is 0. The minimum Gasteiger partial charge on any atom is -0.247 e. The van der Waals surface area contributed by atoms with Gasteiger partial charge in [-0.05, 0) is 32.6 Å². The van der Waals surface area contributed by atoms with Gasteiger partial charge in [0.2, 0.25) is 0 Å². The third-order valence-corrected chi connectivity index (χ3v) is 8.64. The van der Waals surface area contributed by atoms with Crippen LogP contribution in [0.5, 0.6) is 0 Å². The summed E-state index contributed by atoms with van der Waals surface area (Å²) in [6.45, 7) is 9.39. The fourth-order valence-corrected chi connectivity index (χ4v) is 6.07. The number of imidazole rings is 1. The van der Waals surface area contributed by atoms with E-state index in [-0.39, 0.29) is 0 Å². The topological polar surface area (TPSA) is 19.7 Å². The van der Waals surface area contributed by atoms with Gasteiger partial charge in [-0.3, -0.25) is 0 Å². The van der Waals surface area contributed by atoms with E-state index >= 15 is 0 Å². The maximum atomic E-state index is 3.70. The fourth-order valence-electron chi connectivity index (χ4n) is 6.07. The highest BCUT2D eigenvalue weighted by Crippen LogP contribution is 2.27. The first-order valence-electron chi connectivity index (χ1n) is 17.3. The molecule has 1 heterocycles. The van der Waals surface area contributed by atoms with Crippen LogP contribution in [0.15, 0.2) is 12.4 Å². The van der Waals surface area contributed by atoms with Gasteiger partial charge in [0.1, 0.15) is 12.4 Å². The molecule has 2 atom stereocenters. The lowest BCUT2D eigenvalue weighted by Gasteiger charge is -2.17. The number of rotatable bonds is 28. The van der Waals surface area contributed by atoms with Gasteiger partial charge in [-0.15, -0.1) is 0 Å². The second-order valence-electron chi connectivity index (χ2n) is 12.2. The minimum atomic E-state index is 0.623. The van der Waals surface area contributed by atoms with Crippen molar-refractivity contribution < 1.29 is 4.57 Å².